The van der Waals surface area contributed by atoms with Gasteiger partial charge in [0, 0.05) is 0 Å². The van der Waals surface area contributed by atoms with E-state index in [1.807, 2.05) is 0 Å². The van der Waals surface area contributed by atoms with Crippen LogP contribution in [0.25, 0.3) is 0 Å². The molecule has 2 nitrogen and oxygen atoms in total. The van der Waals surface area contributed by atoms with Crippen molar-refractivity contribution in [3.8, 4) is 0 Å². The summed E-state index contributed by atoms with van der Waals surface area (Å²) in [5.41, 5.74) is -0.610. The Bertz CT molecular complexity index is 208. The van der Waals surface area contributed by atoms with E-state index in [0.717, 1.165) is 12.8 Å². The third-order valence-electron chi connectivity index (χ3n) is 4.36. The topological polar surface area (TPSA) is 40.5 Å². The SMILES string of the molecule is CC1(C)[C@H]2C[C@@H](O)[C@](C)(O)[C@H]1C2. The molecule has 0 aromatic rings. The minimum absolute atomic E-state index is 0.239. The second-order valence-electron chi connectivity index (χ2n) is 5.28. The van der Waals surface area contributed by atoms with E-state index >= 15 is 0 Å². The monoisotopic (exact) mass is 170 g/mol. The fraction of sp³-hybridized carbons (Fsp3) is 1.00. The van der Waals surface area contributed by atoms with Gasteiger partial charge in [-0.05, 0) is 37.0 Å². The second-order valence-corrected chi connectivity index (χ2v) is 5.28. The molecule has 4 atom stereocenters. The van der Waals surface area contributed by atoms with Gasteiger partial charge < -0.3 is 10.2 Å². The smallest absolute Gasteiger partial charge is 0.0910 e. The lowest BCUT2D eigenvalue weighted by molar-refractivity contribution is -0.245. The Kier molecular flexibility index (Phi) is 1.45. The minimum atomic E-state index is -0.849. The lowest BCUT2D eigenvalue weighted by Gasteiger charge is -2.64. The highest BCUT2D eigenvalue weighted by atomic mass is 16.3. The van der Waals surface area contributed by atoms with Crippen molar-refractivity contribution < 1.29 is 10.2 Å². The summed E-state index contributed by atoms with van der Waals surface area (Å²) in [6, 6.07) is 0. The molecule has 3 aliphatic carbocycles. The molecule has 0 amide bonds. The lowest BCUT2D eigenvalue weighted by atomic mass is 9.43. The molecule has 0 radical (unpaired) electrons. The van der Waals surface area contributed by atoms with E-state index in [9.17, 15) is 10.2 Å². The third kappa shape index (κ3) is 0.775. The maximum Gasteiger partial charge on any atom is 0.0910 e. The molecule has 0 aliphatic heterocycles. The van der Waals surface area contributed by atoms with E-state index in [4.69, 9.17) is 0 Å². The van der Waals surface area contributed by atoms with Gasteiger partial charge in [-0.25, -0.2) is 0 Å². The summed E-state index contributed by atoms with van der Waals surface area (Å²) in [7, 11) is 0. The van der Waals surface area contributed by atoms with Crippen molar-refractivity contribution in [2.45, 2.75) is 45.3 Å². The van der Waals surface area contributed by atoms with E-state index < -0.39 is 11.7 Å². The first-order chi connectivity index (χ1) is 5.37. The van der Waals surface area contributed by atoms with Crippen LogP contribution in [0.5, 0.6) is 0 Å². The van der Waals surface area contributed by atoms with Crippen molar-refractivity contribution >= 4 is 0 Å². The van der Waals surface area contributed by atoms with Gasteiger partial charge in [0.2, 0.25) is 0 Å². The van der Waals surface area contributed by atoms with Crippen LogP contribution in [0.2, 0.25) is 0 Å². The zero-order valence-corrected chi connectivity index (χ0v) is 8.04. The molecule has 70 valence electrons. The van der Waals surface area contributed by atoms with Crippen LogP contribution >= 0.6 is 0 Å². The number of aliphatic hydroxyl groups excluding tert-OH is 1. The van der Waals surface area contributed by atoms with Crippen LogP contribution in [0, 0.1) is 17.3 Å². The predicted octanol–water partition coefficient (Wildman–Crippen LogP) is 1.16. The molecule has 0 aromatic heterocycles. The predicted molar refractivity (Wildman–Crippen MR) is 46.6 cm³/mol. The number of hydrogen-bond donors (Lipinski definition) is 2. The molecule has 3 aliphatic rings. The van der Waals surface area contributed by atoms with Gasteiger partial charge in [0.1, 0.15) is 0 Å². The molecule has 12 heavy (non-hydrogen) atoms. The van der Waals surface area contributed by atoms with E-state index in [2.05, 4.69) is 13.8 Å². The molecule has 2 bridgehead atoms. The van der Waals surface area contributed by atoms with Crippen molar-refractivity contribution in [2.75, 3.05) is 0 Å². The highest BCUT2D eigenvalue weighted by Gasteiger charge is 2.62. The standard InChI is InChI=1S/C10H18O2/c1-9(2)6-4-7(9)10(3,12)8(11)5-6/h6-8,11-12H,4-5H2,1-3H3/t6-,7+,8-,10-/m1/s1. The van der Waals surface area contributed by atoms with Gasteiger partial charge in [-0.1, -0.05) is 13.8 Å². The van der Waals surface area contributed by atoms with E-state index in [0.29, 0.717) is 11.8 Å². The summed E-state index contributed by atoms with van der Waals surface area (Å²) >= 11 is 0. The van der Waals surface area contributed by atoms with Gasteiger partial charge in [0.25, 0.3) is 0 Å². The first kappa shape index (κ1) is 8.52. The van der Waals surface area contributed by atoms with Gasteiger partial charge in [0.15, 0.2) is 0 Å². The second kappa shape index (κ2) is 2.05. The Hall–Kier alpha value is -0.0800. The molecule has 2 heteroatoms. The Morgan fingerprint density at radius 3 is 2.08 bits per heavy atom. The average Bonchev–Trinajstić information content (AvgIpc) is 1.93. The largest absolute Gasteiger partial charge is 0.390 e. The van der Waals surface area contributed by atoms with Gasteiger partial charge in [-0.2, -0.15) is 0 Å². The van der Waals surface area contributed by atoms with E-state index in [1.165, 1.54) is 0 Å². The highest BCUT2D eigenvalue weighted by molar-refractivity contribution is 5.12. The van der Waals surface area contributed by atoms with Crippen LogP contribution in [0.15, 0.2) is 0 Å². The molecule has 3 saturated carbocycles. The van der Waals surface area contributed by atoms with Gasteiger partial charge in [-0.15, -0.1) is 0 Å². The zero-order valence-electron chi connectivity index (χ0n) is 8.04. The van der Waals surface area contributed by atoms with Crippen LogP contribution in [-0.2, 0) is 0 Å². The Balaban J connectivity index is 2.27. The van der Waals surface area contributed by atoms with Crippen LogP contribution in [-0.4, -0.2) is 21.9 Å². The molecular formula is C10H18O2. The Labute approximate surface area is 73.6 Å². The van der Waals surface area contributed by atoms with Gasteiger partial charge in [-0.3, -0.25) is 0 Å². The van der Waals surface area contributed by atoms with Crippen LogP contribution in [0.3, 0.4) is 0 Å². The summed E-state index contributed by atoms with van der Waals surface area (Å²) in [4.78, 5) is 0. The first-order valence-corrected chi connectivity index (χ1v) is 4.77. The summed E-state index contributed by atoms with van der Waals surface area (Å²) in [6.07, 6.45) is 1.36. The first-order valence-electron chi connectivity index (χ1n) is 4.77. The van der Waals surface area contributed by atoms with E-state index in [1.54, 1.807) is 6.92 Å². The minimum Gasteiger partial charge on any atom is -0.390 e. The van der Waals surface area contributed by atoms with Crippen LogP contribution in [0.1, 0.15) is 33.6 Å². The average molecular weight is 170 g/mol. The summed E-state index contributed by atoms with van der Waals surface area (Å²) in [5.74, 6) is 0.913. The maximum atomic E-state index is 10.0. The molecule has 0 heterocycles. The summed E-state index contributed by atoms with van der Waals surface area (Å²) in [5, 5.41) is 19.7. The molecule has 2 N–H and O–H groups in total. The molecule has 3 rings (SSSR count). The highest BCUT2D eigenvalue weighted by Crippen LogP contribution is 2.62. The summed E-state index contributed by atoms with van der Waals surface area (Å²) < 4.78 is 0. The van der Waals surface area contributed by atoms with E-state index in [-0.39, 0.29) is 5.41 Å². The van der Waals surface area contributed by atoms with Gasteiger partial charge >= 0.3 is 0 Å². The van der Waals surface area contributed by atoms with Crippen molar-refractivity contribution in [3.63, 3.8) is 0 Å². The maximum absolute atomic E-state index is 10.0. The Morgan fingerprint density at radius 2 is 1.75 bits per heavy atom. The third-order valence-corrected chi connectivity index (χ3v) is 4.36. The Morgan fingerprint density at radius 1 is 1.17 bits per heavy atom. The van der Waals surface area contributed by atoms with Crippen molar-refractivity contribution in [3.05, 3.63) is 0 Å². The van der Waals surface area contributed by atoms with Crippen LogP contribution in [0.4, 0.5) is 0 Å². The molecule has 0 aromatic carbocycles. The number of aliphatic hydroxyl groups is 2. The molecule has 0 saturated heterocycles. The number of hydrogen-bond acceptors (Lipinski definition) is 2. The fourth-order valence-corrected chi connectivity index (χ4v) is 3.15. The molecular weight excluding hydrogens is 152 g/mol. The van der Waals surface area contributed by atoms with Crippen molar-refractivity contribution in [1.29, 1.82) is 0 Å². The number of rotatable bonds is 0. The van der Waals surface area contributed by atoms with Crippen molar-refractivity contribution in [2.24, 2.45) is 17.3 Å². The lowest BCUT2D eigenvalue weighted by Crippen LogP contribution is -2.66. The van der Waals surface area contributed by atoms with Gasteiger partial charge in [0.05, 0.1) is 11.7 Å². The fourth-order valence-electron chi connectivity index (χ4n) is 3.15. The number of fused-ring (bicyclic) bond motifs is 2. The summed E-state index contributed by atoms with van der Waals surface area (Å²) in [6.45, 7) is 6.18. The molecule has 0 spiro atoms. The van der Waals surface area contributed by atoms with Crippen LogP contribution < -0.4 is 0 Å². The van der Waals surface area contributed by atoms with Crippen molar-refractivity contribution in [1.82, 2.24) is 0 Å². The quantitative estimate of drug-likeness (QED) is 0.573. The zero-order chi connectivity index (χ0) is 9.15. The molecule has 3 fully saturated rings. The normalized spacial score (nSPS) is 56.2. The molecule has 0 unspecified atom stereocenters.